The average molecular weight is 492 g/mol. The minimum Gasteiger partial charge on any atom is -0.496 e. The van der Waals surface area contributed by atoms with Gasteiger partial charge in [0, 0.05) is 49.7 Å². The molecule has 1 unspecified atom stereocenters. The zero-order valence-electron chi connectivity index (χ0n) is 22.0. The van der Waals surface area contributed by atoms with Gasteiger partial charge in [0.1, 0.15) is 5.75 Å². The van der Waals surface area contributed by atoms with Crippen molar-refractivity contribution < 1.29 is 4.74 Å². The fourth-order valence-corrected chi connectivity index (χ4v) is 5.53. The third kappa shape index (κ3) is 5.72. The third-order valence-corrected chi connectivity index (χ3v) is 7.51. The number of likely N-dealkylation sites (tertiary alicyclic amines) is 1. The quantitative estimate of drug-likeness (QED) is 0.430. The van der Waals surface area contributed by atoms with Gasteiger partial charge in [-0.15, -0.1) is 0 Å². The number of anilines is 2. The summed E-state index contributed by atoms with van der Waals surface area (Å²) in [6.07, 6.45) is 3.41. The summed E-state index contributed by atoms with van der Waals surface area (Å²) in [6, 6.07) is 14.8. The van der Waals surface area contributed by atoms with Gasteiger partial charge in [-0.05, 0) is 69.6 Å². The molecule has 2 aromatic carbocycles. The van der Waals surface area contributed by atoms with Crippen LogP contribution in [0.3, 0.4) is 0 Å². The number of rotatable bonds is 8. The Bertz CT molecular complexity index is 1140. The second kappa shape index (κ2) is 11.9. The number of aromatic nitrogens is 2. The Morgan fingerprint density at radius 3 is 2.58 bits per heavy atom. The topological polar surface area (TPSA) is 101 Å². The van der Waals surface area contributed by atoms with Crippen LogP contribution in [0.2, 0.25) is 0 Å². The van der Waals surface area contributed by atoms with E-state index in [1.54, 1.807) is 7.11 Å². The van der Waals surface area contributed by atoms with Crippen LogP contribution < -0.4 is 26.4 Å². The van der Waals surface area contributed by atoms with Crippen molar-refractivity contribution in [3.05, 3.63) is 53.7 Å². The molecule has 5 N–H and O–H groups in total. The second-order valence-electron chi connectivity index (χ2n) is 10.1. The van der Waals surface area contributed by atoms with Gasteiger partial charge in [-0.1, -0.05) is 24.3 Å². The fraction of sp³-hybridized carbons (Fsp3) is 0.500. The summed E-state index contributed by atoms with van der Waals surface area (Å²) in [5, 5.41) is 8.17. The van der Waals surface area contributed by atoms with E-state index in [2.05, 4.69) is 77.0 Å². The molecule has 8 nitrogen and oxygen atoms in total. The molecular weight excluding hydrogens is 450 g/mol. The lowest BCUT2D eigenvalue weighted by Gasteiger charge is -2.33. The zero-order chi connectivity index (χ0) is 24.2. The molecule has 36 heavy (non-hydrogen) atoms. The van der Waals surface area contributed by atoms with Crippen LogP contribution in [0.25, 0.3) is 10.9 Å². The Hall–Kier alpha value is -2.94. The van der Waals surface area contributed by atoms with E-state index in [4.69, 9.17) is 14.7 Å². The highest BCUT2D eigenvalue weighted by Gasteiger charge is 2.26. The lowest BCUT2D eigenvalue weighted by Crippen LogP contribution is -2.33. The van der Waals surface area contributed by atoms with Crippen LogP contribution in [0.1, 0.15) is 36.4 Å². The van der Waals surface area contributed by atoms with E-state index in [9.17, 15) is 0 Å². The molecule has 0 radical (unpaired) electrons. The van der Waals surface area contributed by atoms with Gasteiger partial charge in [-0.2, -0.15) is 0 Å². The predicted octanol–water partition coefficient (Wildman–Crippen LogP) is 4.27. The maximum atomic E-state index is 5.71. The van der Waals surface area contributed by atoms with E-state index in [0.29, 0.717) is 11.8 Å². The molecule has 0 saturated carbocycles. The molecule has 8 heteroatoms. The molecule has 2 aliphatic rings. The largest absolute Gasteiger partial charge is 0.496 e. The Morgan fingerprint density at radius 2 is 1.86 bits per heavy atom. The number of para-hydroxylation sites is 1. The number of fused-ring (bicyclic) bond motifs is 1. The number of ether oxygens (including phenoxy) is 1. The van der Waals surface area contributed by atoms with Crippen molar-refractivity contribution in [2.75, 3.05) is 64.1 Å². The molecule has 3 aromatic rings. The Balaban J connectivity index is 0.00000304. The lowest BCUT2D eigenvalue weighted by molar-refractivity contribution is 0.202. The molecule has 3 heterocycles. The number of methoxy groups -OCH3 is 1. The summed E-state index contributed by atoms with van der Waals surface area (Å²) >= 11 is 0. The first-order valence-electron chi connectivity index (χ1n) is 12.9. The predicted molar refractivity (Wildman–Crippen MR) is 149 cm³/mol. The third-order valence-electron chi connectivity index (χ3n) is 7.51. The summed E-state index contributed by atoms with van der Waals surface area (Å²) in [4.78, 5) is 14.6. The summed E-state index contributed by atoms with van der Waals surface area (Å²) in [6.45, 7) is 6.11. The monoisotopic (exact) mass is 491 g/mol. The highest BCUT2D eigenvalue weighted by molar-refractivity contribution is 5.82. The van der Waals surface area contributed by atoms with Gasteiger partial charge in [0.2, 0.25) is 5.95 Å². The van der Waals surface area contributed by atoms with Crippen LogP contribution in [0.4, 0.5) is 11.6 Å². The van der Waals surface area contributed by atoms with Crippen LogP contribution >= 0.6 is 0 Å². The molecule has 5 rings (SSSR count). The fourth-order valence-electron chi connectivity index (χ4n) is 5.53. The molecule has 2 fully saturated rings. The van der Waals surface area contributed by atoms with E-state index in [1.807, 2.05) is 0 Å². The first-order chi connectivity index (χ1) is 17.1. The lowest BCUT2D eigenvalue weighted by atomic mass is 9.90. The van der Waals surface area contributed by atoms with E-state index < -0.39 is 0 Å². The molecule has 0 amide bonds. The summed E-state index contributed by atoms with van der Waals surface area (Å²) in [5.74, 6) is 2.84. The maximum absolute atomic E-state index is 5.71. The minimum absolute atomic E-state index is 0. The highest BCUT2D eigenvalue weighted by atomic mass is 16.5. The minimum atomic E-state index is 0. The Morgan fingerprint density at radius 1 is 1.06 bits per heavy atom. The molecule has 1 aromatic heterocycles. The molecule has 2 saturated heterocycles. The number of nitrogens with zero attached hydrogens (tertiary/aromatic N) is 4. The van der Waals surface area contributed by atoms with Gasteiger partial charge in [0.15, 0.2) is 0 Å². The smallest absolute Gasteiger partial charge is 0.223 e. The van der Waals surface area contributed by atoms with Crippen molar-refractivity contribution in [1.82, 2.24) is 26.3 Å². The molecule has 1 atom stereocenters. The summed E-state index contributed by atoms with van der Waals surface area (Å²) in [5.41, 5.74) is 4.73. The number of hydrogen-bond donors (Lipinski definition) is 3. The van der Waals surface area contributed by atoms with Crippen LogP contribution in [0.5, 0.6) is 5.75 Å². The summed E-state index contributed by atoms with van der Waals surface area (Å²) in [7, 11) is 5.96. The van der Waals surface area contributed by atoms with Crippen LogP contribution in [-0.2, 0) is 6.54 Å². The van der Waals surface area contributed by atoms with Gasteiger partial charge in [-0.3, -0.25) is 4.90 Å². The van der Waals surface area contributed by atoms with E-state index in [-0.39, 0.29) is 6.15 Å². The van der Waals surface area contributed by atoms with Crippen molar-refractivity contribution >= 4 is 22.5 Å². The zero-order valence-corrected chi connectivity index (χ0v) is 22.0. The van der Waals surface area contributed by atoms with Gasteiger partial charge in [-0.25, -0.2) is 9.97 Å². The standard InChI is InChI=1S/C28H38N6O.H3N/c1-33(2)25-9-6-10-26(35-3)23(25)19-34-15-12-21(13-16-34)27-22-7-4-5-8-24(22)31-28(32-27)30-18-20-11-14-29-17-20;/h4-10,20-21,29H,11-19H2,1-3H3,(H,30,31,32);1H3. The van der Waals surface area contributed by atoms with Crippen molar-refractivity contribution in [3.63, 3.8) is 0 Å². The average Bonchev–Trinajstić information content (AvgIpc) is 3.41. The summed E-state index contributed by atoms with van der Waals surface area (Å²) < 4.78 is 5.71. The number of nitrogens with one attached hydrogen (secondary N) is 2. The maximum Gasteiger partial charge on any atom is 0.223 e. The number of piperidine rings is 1. The van der Waals surface area contributed by atoms with Gasteiger partial charge < -0.3 is 26.4 Å². The molecular formula is C28H41N7O. The van der Waals surface area contributed by atoms with Gasteiger partial charge in [0.25, 0.3) is 0 Å². The molecule has 2 aliphatic heterocycles. The van der Waals surface area contributed by atoms with Crippen LogP contribution in [-0.4, -0.2) is 68.8 Å². The normalized spacial score (nSPS) is 18.7. The number of benzene rings is 2. The molecule has 0 aliphatic carbocycles. The van der Waals surface area contributed by atoms with E-state index >= 15 is 0 Å². The number of hydrogen-bond acceptors (Lipinski definition) is 8. The van der Waals surface area contributed by atoms with Crippen molar-refractivity contribution in [2.24, 2.45) is 5.92 Å². The molecule has 194 valence electrons. The van der Waals surface area contributed by atoms with Crippen molar-refractivity contribution in [3.8, 4) is 5.75 Å². The SMILES string of the molecule is COc1cccc(N(C)C)c1CN1CCC(c2nc(NCC3CCNC3)nc3ccccc23)CC1.N. The van der Waals surface area contributed by atoms with Crippen molar-refractivity contribution in [2.45, 2.75) is 31.7 Å². The highest BCUT2D eigenvalue weighted by Crippen LogP contribution is 2.35. The molecule has 0 spiro atoms. The van der Waals surface area contributed by atoms with E-state index in [1.165, 1.54) is 28.8 Å². The molecule has 0 bridgehead atoms. The van der Waals surface area contributed by atoms with Gasteiger partial charge in [0.05, 0.1) is 18.3 Å². The first-order valence-corrected chi connectivity index (χ1v) is 12.9. The van der Waals surface area contributed by atoms with E-state index in [0.717, 1.165) is 69.3 Å². The van der Waals surface area contributed by atoms with Crippen molar-refractivity contribution in [1.29, 1.82) is 0 Å². The Labute approximate surface area is 215 Å². The van der Waals surface area contributed by atoms with Crippen LogP contribution in [0, 0.1) is 5.92 Å². The van der Waals surface area contributed by atoms with Gasteiger partial charge >= 0.3 is 0 Å². The van der Waals surface area contributed by atoms with Crippen LogP contribution in [0.15, 0.2) is 42.5 Å². The second-order valence-corrected chi connectivity index (χ2v) is 10.1. The Kier molecular flexibility index (Phi) is 8.61. The first kappa shape index (κ1) is 26.1.